The van der Waals surface area contributed by atoms with Crippen molar-refractivity contribution in [3.63, 3.8) is 0 Å². The van der Waals surface area contributed by atoms with Gasteiger partial charge in [0.15, 0.2) is 0 Å². The monoisotopic (exact) mass is 295 g/mol. The van der Waals surface area contributed by atoms with Gasteiger partial charge in [-0.1, -0.05) is 13.3 Å². The van der Waals surface area contributed by atoms with E-state index in [1.807, 2.05) is 0 Å². The van der Waals surface area contributed by atoms with E-state index in [-0.39, 0.29) is 11.1 Å². The van der Waals surface area contributed by atoms with Crippen LogP contribution in [-0.2, 0) is 17.6 Å². The number of aromatic amines is 1. The van der Waals surface area contributed by atoms with Crippen LogP contribution in [0.15, 0.2) is 10.9 Å². The van der Waals surface area contributed by atoms with Gasteiger partial charge in [0.25, 0.3) is 5.56 Å². The van der Waals surface area contributed by atoms with Gasteiger partial charge in [-0.05, 0) is 43.1 Å². The first-order chi connectivity index (χ1) is 9.72. The fourth-order valence-electron chi connectivity index (χ4n) is 2.42. The van der Waals surface area contributed by atoms with Crippen LogP contribution in [-0.4, -0.2) is 29.1 Å². The Bertz CT molecular complexity index is 524. The molecule has 20 heavy (non-hydrogen) atoms. The van der Waals surface area contributed by atoms with Crippen LogP contribution in [0.3, 0.4) is 0 Å². The second-order valence-electron chi connectivity index (χ2n) is 4.91. The highest BCUT2D eigenvalue weighted by atomic mass is 32.2. The van der Waals surface area contributed by atoms with Gasteiger partial charge < -0.3 is 9.72 Å². The molecule has 0 unspecified atom stereocenters. The maximum atomic E-state index is 12.0. The van der Waals surface area contributed by atoms with Crippen molar-refractivity contribution in [3.05, 3.63) is 33.2 Å². The van der Waals surface area contributed by atoms with Crippen molar-refractivity contribution in [2.24, 2.45) is 0 Å². The maximum absolute atomic E-state index is 12.0. The molecule has 1 aromatic rings. The normalized spacial score (nSPS) is 14.4. The summed E-state index contributed by atoms with van der Waals surface area (Å²) in [7, 11) is 0. The minimum Gasteiger partial charge on any atom is -0.461 e. The molecule has 0 saturated carbocycles. The summed E-state index contributed by atoms with van der Waals surface area (Å²) in [4.78, 5) is 26.8. The number of carbonyl (C=O) groups is 1. The summed E-state index contributed by atoms with van der Waals surface area (Å²) in [5.41, 5.74) is 1.91. The van der Waals surface area contributed by atoms with Gasteiger partial charge in [0.05, 0.1) is 0 Å². The molecular formula is C15H21NO3S. The van der Waals surface area contributed by atoms with Crippen LogP contribution in [0.4, 0.5) is 0 Å². The second kappa shape index (κ2) is 7.53. The third kappa shape index (κ3) is 3.88. The summed E-state index contributed by atoms with van der Waals surface area (Å²) in [5.74, 6) is 1.26. The Morgan fingerprint density at radius 2 is 2.15 bits per heavy atom. The zero-order valence-electron chi connectivity index (χ0n) is 11.9. The summed E-state index contributed by atoms with van der Waals surface area (Å²) < 4.78 is 5.15. The Morgan fingerprint density at radius 3 is 2.95 bits per heavy atom. The van der Waals surface area contributed by atoms with E-state index >= 15 is 0 Å². The number of rotatable bonds is 5. The number of aryl methyl sites for hydroxylation is 2. The molecule has 1 aliphatic rings. The molecule has 0 bridgehead atoms. The van der Waals surface area contributed by atoms with Crippen LogP contribution >= 0.6 is 11.8 Å². The molecule has 5 heteroatoms. The Labute approximate surface area is 123 Å². The smallest absolute Gasteiger partial charge is 0.343 e. The molecule has 1 aromatic heterocycles. The minimum absolute atomic E-state index is 0.146. The van der Waals surface area contributed by atoms with E-state index in [1.165, 1.54) is 6.42 Å². The Balaban J connectivity index is 2.09. The van der Waals surface area contributed by atoms with Crippen LogP contribution < -0.4 is 5.56 Å². The highest BCUT2D eigenvalue weighted by Gasteiger charge is 2.17. The zero-order chi connectivity index (χ0) is 14.4. The molecule has 0 aliphatic heterocycles. The van der Waals surface area contributed by atoms with Crippen molar-refractivity contribution in [1.29, 1.82) is 0 Å². The van der Waals surface area contributed by atoms with Gasteiger partial charge in [0, 0.05) is 11.4 Å². The number of thioether (sulfide) groups is 1. The molecule has 0 atom stereocenters. The molecule has 0 aromatic carbocycles. The van der Waals surface area contributed by atoms with Crippen LogP contribution in [0.25, 0.3) is 0 Å². The van der Waals surface area contributed by atoms with Crippen molar-refractivity contribution in [3.8, 4) is 0 Å². The number of aromatic nitrogens is 1. The molecule has 1 aliphatic carbocycles. The van der Waals surface area contributed by atoms with Crippen molar-refractivity contribution in [2.75, 3.05) is 18.1 Å². The van der Waals surface area contributed by atoms with Crippen molar-refractivity contribution < 1.29 is 9.53 Å². The quantitative estimate of drug-likeness (QED) is 0.515. The average molecular weight is 295 g/mol. The highest BCUT2D eigenvalue weighted by molar-refractivity contribution is 7.99. The van der Waals surface area contributed by atoms with Gasteiger partial charge in [-0.2, -0.15) is 11.8 Å². The number of esters is 1. The van der Waals surface area contributed by atoms with E-state index in [1.54, 1.807) is 17.8 Å². The molecule has 2 rings (SSSR count). The summed E-state index contributed by atoms with van der Waals surface area (Å²) in [6, 6.07) is 1.73. The summed E-state index contributed by atoms with van der Waals surface area (Å²) in [5, 5.41) is 0. The van der Waals surface area contributed by atoms with Gasteiger partial charge >= 0.3 is 5.97 Å². The number of carbonyl (C=O) groups excluding carboxylic acids is 1. The number of hydrogen-bond acceptors (Lipinski definition) is 4. The van der Waals surface area contributed by atoms with Crippen LogP contribution in [0.5, 0.6) is 0 Å². The number of H-pyrrole nitrogens is 1. The molecule has 110 valence electrons. The number of nitrogens with one attached hydrogen (secondary N) is 1. The Hall–Kier alpha value is -1.23. The fourth-order valence-corrected chi connectivity index (χ4v) is 2.91. The molecule has 0 radical (unpaired) electrons. The lowest BCUT2D eigenvalue weighted by molar-refractivity contribution is 0.0528. The highest BCUT2D eigenvalue weighted by Crippen LogP contribution is 2.18. The van der Waals surface area contributed by atoms with E-state index in [4.69, 9.17) is 4.74 Å². The van der Waals surface area contributed by atoms with E-state index < -0.39 is 5.97 Å². The predicted octanol–water partition coefficient (Wildman–Crippen LogP) is 2.55. The minimum atomic E-state index is -0.505. The van der Waals surface area contributed by atoms with Gasteiger partial charge in [0.1, 0.15) is 12.2 Å². The summed E-state index contributed by atoms with van der Waals surface area (Å²) in [6.07, 6.45) is 5.21. The molecule has 1 heterocycles. The topological polar surface area (TPSA) is 59.2 Å². The average Bonchev–Trinajstić information content (AvgIpc) is 2.67. The summed E-state index contributed by atoms with van der Waals surface area (Å²) in [6.45, 7) is 2.41. The van der Waals surface area contributed by atoms with E-state index in [0.29, 0.717) is 6.61 Å². The molecular weight excluding hydrogens is 274 g/mol. The standard InChI is InChI=1S/C15H21NO3S/c1-2-20-9-8-19-15(18)12-10-11-6-4-3-5-7-13(11)16-14(12)17/h10H,2-9H2,1H3,(H,16,17). The number of fused-ring (bicyclic) bond motifs is 1. The van der Waals surface area contributed by atoms with Gasteiger partial charge in [-0.3, -0.25) is 4.79 Å². The molecule has 0 fully saturated rings. The third-order valence-corrected chi connectivity index (χ3v) is 4.34. The van der Waals surface area contributed by atoms with Crippen molar-refractivity contribution >= 4 is 17.7 Å². The number of ether oxygens (including phenoxy) is 1. The lowest BCUT2D eigenvalue weighted by Crippen LogP contribution is -2.22. The fraction of sp³-hybridized carbons (Fsp3) is 0.600. The maximum Gasteiger partial charge on any atom is 0.343 e. The molecule has 4 nitrogen and oxygen atoms in total. The SMILES string of the molecule is CCSCCOC(=O)c1cc2c([nH]c1=O)CCCCC2. The lowest BCUT2D eigenvalue weighted by Gasteiger charge is -2.08. The van der Waals surface area contributed by atoms with Crippen LogP contribution in [0, 0.1) is 0 Å². The molecule has 1 N–H and O–H groups in total. The van der Waals surface area contributed by atoms with Crippen molar-refractivity contribution in [1.82, 2.24) is 4.98 Å². The Kier molecular flexibility index (Phi) is 5.71. The van der Waals surface area contributed by atoms with Crippen molar-refractivity contribution in [2.45, 2.75) is 39.0 Å². The predicted molar refractivity (Wildman–Crippen MR) is 81.6 cm³/mol. The zero-order valence-corrected chi connectivity index (χ0v) is 12.7. The molecule has 0 amide bonds. The van der Waals surface area contributed by atoms with Gasteiger partial charge in [-0.25, -0.2) is 4.79 Å². The molecule has 0 spiro atoms. The first-order valence-corrected chi connectivity index (χ1v) is 8.37. The largest absolute Gasteiger partial charge is 0.461 e. The van der Waals surface area contributed by atoms with Gasteiger partial charge in [0.2, 0.25) is 0 Å². The van der Waals surface area contributed by atoms with Crippen LogP contribution in [0.1, 0.15) is 47.8 Å². The number of pyridine rings is 1. The third-order valence-electron chi connectivity index (χ3n) is 3.47. The Morgan fingerprint density at radius 1 is 1.35 bits per heavy atom. The summed E-state index contributed by atoms with van der Waals surface area (Å²) >= 11 is 1.71. The van der Waals surface area contributed by atoms with E-state index in [9.17, 15) is 9.59 Å². The first kappa shape index (κ1) is 15.2. The molecule has 0 saturated heterocycles. The van der Waals surface area contributed by atoms with E-state index in [0.717, 1.165) is 48.4 Å². The second-order valence-corrected chi connectivity index (χ2v) is 6.30. The first-order valence-electron chi connectivity index (χ1n) is 7.22. The number of hydrogen-bond donors (Lipinski definition) is 1. The van der Waals surface area contributed by atoms with Crippen LogP contribution in [0.2, 0.25) is 0 Å². The van der Waals surface area contributed by atoms with E-state index in [2.05, 4.69) is 11.9 Å². The lowest BCUT2D eigenvalue weighted by atomic mass is 10.1. The van der Waals surface area contributed by atoms with Gasteiger partial charge in [-0.15, -0.1) is 0 Å².